The van der Waals surface area contributed by atoms with Crippen molar-refractivity contribution in [1.82, 2.24) is 20.2 Å². The van der Waals surface area contributed by atoms with Crippen molar-refractivity contribution < 1.29 is 4.79 Å². The maximum Gasteiger partial charge on any atom is 0.185 e. The van der Waals surface area contributed by atoms with E-state index in [4.69, 9.17) is 0 Å². The summed E-state index contributed by atoms with van der Waals surface area (Å²) in [5, 5.41) is 10.7. The Kier molecular flexibility index (Phi) is 2.47. The van der Waals surface area contributed by atoms with E-state index in [1.54, 1.807) is 13.1 Å². The van der Waals surface area contributed by atoms with Crippen molar-refractivity contribution in [3.63, 3.8) is 0 Å². The highest BCUT2D eigenvalue weighted by Gasteiger charge is 2.06. The number of carbonyl (C=O) groups excluding carboxylic acids is 1. The summed E-state index contributed by atoms with van der Waals surface area (Å²) in [5.74, 6) is 0.435. The lowest BCUT2D eigenvalue weighted by Crippen LogP contribution is -1.99. The average Bonchev–Trinajstić information content (AvgIpc) is 2.47. The standard InChI is InChI=1S/C7H8N4O/c1-3-4-6(5-12)7-8-9-10-11(7)2/h3-5H,1H2,2H3. The van der Waals surface area contributed by atoms with E-state index in [0.29, 0.717) is 17.7 Å². The Morgan fingerprint density at radius 2 is 2.42 bits per heavy atom. The van der Waals surface area contributed by atoms with E-state index in [1.165, 1.54) is 10.8 Å². The van der Waals surface area contributed by atoms with Crippen molar-refractivity contribution in [1.29, 1.82) is 0 Å². The normalized spacial score (nSPS) is 11.2. The molecule has 1 rings (SSSR count). The Morgan fingerprint density at radius 1 is 1.67 bits per heavy atom. The molecule has 0 aliphatic carbocycles. The van der Waals surface area contributed by atoms with Gasteiger partial charge in [-0.05, 0) is 16.5 Å². The molecule has 0 saturated carbocycles. The highest BCUT2D eigenvalue weighted by atomic mass is 16.1. The van der Waals surface area contributed by atoms with Crippen LogP contribution in [0.25, 0.3) is 5.57 Å². The number of aryl methyl sites for hydroxylation is 1. The topological polar surface area (TPSA) is 60.7 Å². The maximum atomic E-state index is 10.5. The van der Waals surface area contributed by atoms with Gasteiger partial charge in [0.1, 0.15) is 0 Å². The number of aldehydes is 1. The van der Waals surface area contributed by atoms with E-state index in [0.717, 1.165) is 0 Å². The average molecular weight is 164 g/mol. The number of tetrazole rings is 1. The molecule has 1 aromatic heterocycles. The van der Waals surface area contributed by atoms with Gasteiger partial charge >= 0.3 is 0 Å². The van der Waals surface area contributed by atoms with E-state index < -0.39 is 0 Å². The van der Waals surface area contributed by atoms with E-state index in [-0.39, 0.29) is 0 Å². The van der Waals surface area contributed by atoms with Crippen LogP contribution in [-0.2, 0) is 11.8 Å². The molecular formula is C7H8N4O. The summed E-state index contributed by atoms with van der Waals surface area (Å²) in [5.41, 5.74) is 0.414. The number of rotatable bonds is 3. The molecule has 0 saturated heterocycles. The van der Waals surface area contributed by atoms with Crippen LogP contribution in [0.15, 0.2) is 18.7 Å². The summed E-state index contributed by atoms with van der Waals surface area (Å²) in [6.45, 7) is 3.47. The van der Waals surface area contributed by atoms with Crippen LogP contribution < -0.4 is 0 Å². The maximum absolute atomic E-state index is 10.5. The fourth-order valence-corrected chi connectivity index (χ4v) is 0.768. The molecule has 5 heteroatoms. The molecule has 0 radical (unpaired) electrons. The van der Waals surface area contributed by atoms with E-state index in [9.17, 15) is 4.79 Å². The Labute approximate surface area is 69.4 Å². The van der Waals surface area contributed by atoms with Gasteiger partial charge in [0.15, 0.2) is 12.1 Å². The van der Waals surface area contributed by atoms with Crippen LogP contribution in [0.5, 0.6) is 0 Å². The first-order chi connectivity index (χ1) is 5.79. The molecule has 12 heavy (non-hydrogen) atoms. The summed E-state index contributed by atoms with van der Waals surface area (Å²) in [4.78, 5) is 10.5. The largest absolute Gasteiger partial charge is 0.298 e. The molecule has 62 valence electrons. The second kappa shape index (κ2) is 3.56. The van der Waals surface area contributed by atoms with Gasteiger partial charge in [0.25, 0.3) is 0 Å². The van der Waals surface area contributed by atoms with Gasteiger partial charge in [0.2, 0.25) is 0 Å². The Balaban J connectivity index is 3.10. The van der Waals surface area contributed by atoms with Crippen molar-refractivity contribution in [2.75, 3.05) is 0 Å². The number of hydrogen-bond acceptors (Lipinski definition) is 4. The molecule has 0 aliphatic rings. The SMILES string of the molecule is C=CC=C(C=O)c1nnnn1C. The van der Waals surface area contributed by atoms with Crippen LogP contribution in [0.3, 0.4) is 0 Å². The summed E-state index contributed by atoms with van der Waals surface area (Å²) < 4.78 is 1.42. The molecule has 0 aliphatic heterocycles. The Bertz CT molecular complexity index is 326. The molecule has 1 heterocycles. The van der Waals surface area contributed by atoms with Gasteiger partial charge in [-0.15, -0.1) is 5.10 Å². The fourth-order valence-electron chi connectivity index (χ4n) is 0.768. The monoisotopic (exact) mass is 164 g/mol. The lowest BCUT2D eigenvalue weighted by Gasteiger charge is -1.93. The fraction of sp³-hybridized carbons (Fsp3) is 0.143. The van der Waals surface area contributed by atoms with Crippen molar-refractivity contribution >= 4 is 11.9 Å². The molecular weight excluding hydrogens is 156 g/mol. The first kappa shape index (κ1) is 8.32. The molecule has 0 spiro atoms. The molecule has 0 N–H and O–H groups in total. The molecule has 1 aromatic rings. The summed E-state index contributed by atoms with van der Waals surface area (Å²) >= 11 is 0. The van der Waals surface area contributed by atoms with Crippen LogP contribution in [0, 0.1) is 0 Å². The lowest BCUT2D eigenvalue weighted by molar-refractivity contribution is -0.103. The van der Waals surface area contributed by atoms with Crippen LogP contribution in [0.1, 0.15) is 5.82 Å². The third kappa shape index (κ3) is 1.45. The van der Waals surface area contributed by atoms with Gasteiger partial charge in [-0.3, -0.25) is 4.79 Å². The first-order valence-electron chi connectivity index (χ1n) is 3.30. The molecule has 0 atom stereocenters. The van der Waals surface area contributed by atoms with Gasteiger partial charge in [0.05, 0.1) is 5.57 Å². The van der Waals surface area contributed by atoms with Crippen molar-refractivity contribution in [3.05, 3.63) is 24.6 Å². The van der Waals surface area contributed by atoms with E-state index >= 15 is 0 Å². The zero-order valence-corrected chi connectivity index (χ0v) is 6.64. The van der Waals surface area contributed by atoms with Crippen molar-refractivity contribution in [2.24, 2.45) is 7.05 Å². The number of hydrogen-bond donors (Lipinski definition) is 0. The highest BCUT2D eigenvalue weighted by Crippen LogP contribution is 2.04. The summed E-state index contributed by atoms with van der Waals surface area (Å²) in [7, 11) is 1.66. The number of allylic oxidation sites excluding steroid dienone is 3. The van der Waals surface area contributed by atoms with Gasteiger partial charge in [0, 0.05) is 7.05 Å². The zero-order chi connectivity index (χ0) is 8.97. The van der Waals surface area contributed by atoms with Gasteiger partial charge in [-0.25, -0.2) is 4.68 Å². The van der Waals surface area contributed by atoms with Crippen LogP contribution in [0.2, 0.25) is 0 Å². The first-order valence-corrected chi connectivity index (χ1v) is 3.30. The number of nitrogens with zero attached hydrogens (tertiary/aromatic N) is 4. The minimum absolute atomic E-state index is 0.414. The minimum Gasteiger partial charge on any atom is -0.298 e. The van der Waals surface area contributed by atoms with Gasteiger partial charge < -0.3 is 0 Å². The van der Waals surface area contributed by atoms with Crippen LogP contribution >= 0.6 is 0 Å². The van der Waals surface area contributed by atoms with Crippen LogP contribution in [-0.4, -0.2) is 26.5 Å². The molecule has 0 amide bonds. The summed E-state index contributed by atoms with van der Waals surface area (Å²) in [6, 6.07) is 0. The third-order valence-corrected chi connectivity index (χ3v) is 1.30. The minimum atomic E-state index is 0.414. The Morgan fingerprint density at radius 3 is 2.83 bits per heavy atom. The lowest BCUT2D eigenvalue weighted by atomic mass is 10.2. The van der Waals surface area contributed by atoms with Gasteiger partial charge in [-0.2, -0.15) is 0 Å². The Hall–Kier alpha value is -1.78. The predicted molar refractivity (Wildman–Crippen MR) is 43.0 cm³/mol. The molecule has 0 unspecified atom stereocenters. The zero-order valence-electron chi connectivity index (χ0n) is 6.64. The molecule has 0 fully saturated rings. The molecule has 0 aromatic carbocycles. The second-order valence-electron chi connectivity index (χ2n) is 2.10. The second-order valence-corrected chi connectivity index (χ2v) is 2.10. The molecule has 5 nitrogen and oxygen atoms in total. The van der Waals surface area contributed by atoms with E-state index in [2.05, 4.69) is 22.1 Å². The van der Waals surface area contributed by atoms with Crippen molar-refractivity contribution in [2.45, 2.75) is 0 Å². The molecule has 0 bridgehead atoms. The van der Waals surface area contributed by atoms with Gasteiger partial charge in [-0.1, -0.05) is 12.7 Å². The quantitative estimate of drug-likeness (QED) is 0.358. The third-order valence-electron chi connectivity index (χ3n) is 1.30. The smallest absolute Gasteiger partial charge is 0.185 e. The number of aromatic nitrogens is 4. The number of carbonyl (C=O) groups is 1. The van der Waals surface area contributed by atoms with Crippen molar-refractivity contribution in [3.8, 4) is 0 Å². The highest BCUT2D eigenvalue weighted by molar-refractivity contribution is 6.05. The predicted octanol–water partition coefficient (Wildman–Crippen LogP) is -0.0216. The van der Waals surface area contributed by atoms with E-state index in [1.807, 2.05) is 0 Å². The summed E-state index contributed by atoms with van der Waals surface area (Å²) in [6.07, 6.45) is 3.75. The van der Waals surface area contributed by atoms with Crippen LogP contribution in [0.4, 0.5) is 0 Å².